The number of rotatable bonds is 7. The average Bonchev–Trinajstić information content (AvgIpc) is 2.74. The fourth-order valence-electron chi connectivity index (χ4n) is 3.68. The molecule has 0 aromatic heterocycles. The summed E-state index contributed by atoms with van der Waals surface area (Å²) >= 11 is 0. The first kappa shape index (κ1) is 21.5. The average molecular weight is 415 g/mol. The van der Waals surface area contributed by atoms with Gasteiger partial charge in [0, 0.05) is 25.6 Å². The molecular formula is C23H30N2O3S. The van der Waals surface area contributed by atoms with Crippen molar-refractivity contribution in [3.8, 4) is 0 Å². The first-order valence-electron chi connectivity index (χ1n) is 10.2. The zero-order valence-electron chi connectivity index (χ0n) is 17.2. The Morgan fingerprint density at radius 3 is 2.31 bits per heavy atom. The molecule has 29 heavy (non-hydrogen) atoms. The predicted molar refractivity (Wildman–Crippen MR) is 116 cm³/mol. The van der Waals surface area contributed by atoms with Crippen LogP contribution in [0.1, 0.15) is 42.4 Å². The Bertz CT molecular complexity index is 903. The van der Waals surface area contributed by atoms with Gasteiger partial charge in [0.15, 0.2) is 0 Å². The predicted octanol–water partition coefficient (Wildman–Crippen LogP) is 3.46. The van der Waals surface area contributed by atoms with Crippen molar-refractivity contribution < 1.29 is 13.2 Å². The van der Waals surface area contributed by atoms with Crippen LogP contribution < -0.4 is 5.32 Å². The number of hydrogen-bond donors (Lipinski definition) is 1. The monoisotopic (exact) mass is 414 g/mol. The van der Waals surface area contributed by atoms with E-state index in [2.05, 4.69) is 24.4 Å². The highest BCUT2D eigenvalue weighted by Gasteiger charge is 2.31. The summed E-state index contributed by atoms with van der Waals surface area (Å²) in [6.07, 6.45) is 1.14. The van der Waals surface area contributed by atoms with Crippen LogP contribution in [0.2, 0.25) is 0 Å². The zero-order chi connectivity index (χ0) is 20.9. The topological polar surface area (TPSA) is 66.5 Å². The Kier molecular flexibility index (Phi) is 7.09. The highest BCUT2D eigenvalue weighted by Crippen LogP contribution is 2.22. The van der Waals surface area contributed by atoms with Gasteiger partial charge in [0.2, 0.25) is 15.9 Å². The van der Waals surface area contributed by atoms with E-state index < -0.39 is 10.0 Å². The summed E-state index contributed by atoms with van der Waals surface area (Å²) in [5.41, 5.74) is 3.11. The summed E-state index contributed by atoms with van der Waals surface area (Å²) < 4.78 is 27.0. The normalized spacial score (nSPS) is 17.0. The van der Waals surface area contributed by atoms with Gasteiger partial charge in [-0.15, -0.1) is 0 Å². The number of amides is 1. The number of aryl methyl sites for hydroxylation is 1. The van der Waals surface area contributed by atoms with Crippen molar-refractivity contribution >= 4 is 15.9 Å². The van der Waals surface area contributed by atoms with Crippen molar-refractivity contribution in [1.29, 1.82) is 0 Å². The number of carbonyl (C=O) groups excluding carboxylic acids is 1. The van der Waals surface area contributed by atoms with E-state index in [1.54, 1.807) is 0 Å². The third-order valence-electron chi connectivity index (χ3n) is 5.64. The Hall–Kier alpha value is -2.18. The summed E-state index contributed by atoms with van der Waals surface area (Å²) in [5.74, 6) is 0.168. The molecule has 156 valence electrons. The van der Waals surface area contributed by atoms with Gasteiger partial charge in [-0.2, -0.15) is 0 Å². The summed E-state index contributed by atoms with van der Waals surface area (Å²) in [6.45, 7) is 5.47. The Labute approximate surface area is 174 Å². The van der Waals surface area contributed by atoms with Gasteiger partial charge in [0.1, 0.15) is 0 Å². The van der Waals surface area contributed by atoms with Crippen LogP contribution in [0.4, 0.5) is 0 Å². The lowest BCUT2D eigenvalue weighted by molar-refractivity contribution is -0.126. The van der Waals surface area contributed by atoms with Gasteiger partial charge in [0.25, 0.3) is 0 Å². The molecule has 0 saturated carbocycles. The van der Waals surface area contributed by atoms with E-state index in [1.807, 2.05) is 49.4 Å². The van der Waals surface area contributed by atoms with E-state index in [-0.39, 0.29) is 23.5 Å². The molecule has 6 heteroatoms. The number of nitrogens with zero attached hydrogens (tertiary/aromatic N) is 1. The molecule has 0 unspecified atom stereocenters. The maximum atomic E-state index is 12.7. The van der Waals surface area contributed by atoms with Gasteiger partial charge < -0.3 is 5.32 Å². The summed E-state index contributed by atoms with van der Waals surface area (Å²) in [7, 11) is -3.36. The number of piperidine rings is 1. The molecule has 0 spiro atoms. The second kappa shape index (κ2) is 9.55. The molecule has 1 atom stereocenters. The second-order valence-corrected chi connectivity index (χ2v) is 9.94. The van der Waals surface area contributed by atoms with Crippen LogP contribution in [-0.2, 0) is 20.6 Å². The summed E-state index contributed by atoms with van der Waals surface area (Å²) in [6, 6.07) is 17.7. The van der Waals surface area contributed by atoms with Gasteiger partial charge in [0.05, 0.1) is 5.75 Å². The molecule has 2 aromatic carbocycles. The van der Waals surface area contributed by atoms with Crippen molar-refractivity contribution in [2.75, 3.05) is 19.6 Å². The fourth-order valence-corrected chi connectivity index (χ4v) is 5.24. The number of benzene rings is 2. The molecule has 0 aliphatic carbocycles. The maximum absolute atomic E-state index is 12.7. The highest BCUT2D eigenvalue weighted by atomic mass is 32.2. The molecular weight excluding hydrogens is 384 g/mol. The minimum Gasteiger partial charge on any atom is -0.355 e. The SMILES string of the molecule is Cc1ccc(CS(=O)(=O)N2CCC(C(=O)NC[C@@H](C)c3ccccc3)CC2)cc1. The van der Waals surface area contributed by atoms with E-state index in [9.17, 15) is 13.2 Å². The number of hydrogen-bond acceptors (Lipinski definition) is 3. The van der Waals surface area contributed by atoms with Crippen molar-refractivity contribution in [1.82, 2.24) is 9.62 Å². The Morgan fingerprint density at radius 1 is 1.07 bits per heavy atom. The standard InChI is InChI=1S/C23H30N2O3S/c1-18-8-10-20(11-9-18)17-29(27,28)25-14-12-22(13-15-25)23(26)24-16-19(2)21-6-4-3-5-7-21/h3-11,19,22H,12-17H2,1-2H3,(H,24,26)/t19-/m1/s1. The second-order valence-electron chi connectivity index (χ2n) is 7.97. The smallest absolute Gasteiger partial charge is 0.223 e. The minimum atomic E-state index is -3.36. The highest BCUT2D eigenvalue weighted by molar-refractivity contribution is 7.88. The maximum Gasteiger partial charge on any atom is 0.223 e. The molecule has 1 heterocycles. The first-order valence-corrected chi connectivity index (χ1v) is 11.8. The summed E-state index contributed by atoms with van der Waals surface area (Å²) in [5, 5.41) is 3.04. The third-order valence-corrected chi connectivity index (χ3v) is 7.49. The van der Waals surface area contributed by atoms with E-state index in [0.29, 0.717) is 32.5 Å². The van der Waals surface area contributed by atoms with Crippen molar-refractivity contribution in [2.45, 2.75) is 38.4 Å². The molecule has 1 fully saturated rings. The number of sulfonamides is 1. The number of nitrogens with one attached hydrogen (secondary N) is 1. The molecule has 1 N–H and O–H groups in total. The molecule has 1 saturated heterocycles. The molecule has 5 nitrogen and oxygen atoms in total. The van der Waals surface area contributed by atoms with Crippen LogP contribution in [0.5, 0.6) is 0 Å². The van der Waals surface area contributed by atoms with Crippen LogP contribution in [0.15, 0.2) is 54.6 Å². The minimum absolute atomic E-state index is 0.0126. The van der Waals surface area contributed by atoms with Crippen molar-refractivity contribution in [3.63, 3.8) is 0 Å². The quantitative estimate of drug-likeness (QED) is 0.755. The zero-order valence-corrected chi connectivity index (χ0v) is 18.0. The third kappa shape index (κ3) is 5.90. The van der Waals surface area contributed by atoms with E-state index in [4.69, 9.17) is 0 Å². The van der Waals surface area contributed by atoms with Gasteiger partial charge in [-0.3, -0.25) is 4.79 Å². The fraction of sp³-hybridized carbons (Fsp3) is 0.435. The van der Waals surface area contributed by atoms with Crippen LogP contribution in [-0.4, -0.2) is 38.3 Å². The van der Waals surface area contributed by atoms with Crippen LogP contribution in [0, 0.1) is 12.8 Å². The lowest BCUT2D eigenvalue weighted by Gasteiger charge is -2.30. The van der Waals surface area contributed by atoms with Gasteiger partial charge >= 0.3 is 0 Å². The largest absolute Gasteiger partial charge is 0.355 e. The van der Waals surface area contributed by atoms with Crippen molar-refractivity contribution in [3.05, 3.63) is 71.3 Å². The van der Waals surface area contributed by atoms with E-state index in [1.165, 1.54) is 9.87 Å². The Balaban J connectivity index is 1.47. The van der Waals surface area contributed by atoms with Crippen molar-refractivity contribution in [2.24, 2.45) is 5.92 Å². The molecule has 1 amide bonds. The lowest BCUT2D eigenvalue weighted by atomic mass is 9.96. The van der Waals surface area contributed by atoms with Crippen LogP contribution in [0.25, 0.3) is 0 Å². The van der Waals surface area contributed by atoms with Gasteiger partial charge in [-0.05, 0) is 36.8 Å². The molecule has 1 aliphatic heterocycles. The summed E-state index contributed by atoms with van der Waals surface area (Å²) in [4.78, 5) is 12.5. The molecule has 3 rings (SSSR count). The molecule has 2 aromatic rings. The van der Waals surface area contributed by atoms with Gasteiger partial charge in [-0.25, -0.2) is 12.7 Å². The van der Waals surface area contributed by atoms with Crippen LogP contribution in [0.3, 0.4) is 0 Å². The molecule has 1 aliphatic rings. The molecule has 0 radical (unpaired) electrons. The van der Waals surface area contributed by atoms with E-state index in [0.717, 1.165) is 11.1 Å². The lowest BCUT2D eigenvalue weighted by Crippen LogP contribution is -2.43. The number of carbonyl (C=O) groups is 1. The van der Waals surface area contributed by atoms with Crippen LogP contribution >= 0.6 is 0 Å². The van der Waals surface area contributed by atoms with Gasteiger partial charge in [-0.1, -0.05) is 67.1 Å². The van der Waals surface area contributed by atoms with E-state index >= 15 is 0 Å². The first-order chi connectivity index (χ1) is 13.8. The molecule has 0 bridgehead atoms. The Morgan fingerprint density at radius 2 is 1.69 bits per heavy atom.